The first-order valence-corrected chi connectivity index (χ1v) is 35.4. The van der Waals surface area contributed by atoms with Crippen molar-refractivity contribution in [3.8, 4) is 0 Å². The van der Waals surface area contributed by atoms with E-state index < -0.39 is 118 Å². The van der Waals surface area contributed by atoms with Gasteiger partial charge in [0.1, 0.15) is 24.4 Å². The summed E-state index contributed by atoms with van der Waals surface area (Å²) >= 11 is 0. The Hall–Kier alpha value is -2.46. The lowest BCUT2D eigenvalue weighted by molar-refractivity contribution is -0.127. The zero-order valence-corrected chi connectivity index (χ0v) is 60.1. The molecule has 0 fully saturated rings. The third-order valence-electron chi connectivity index (χ3n) is 14.8. The highest BCUT2D eigenvalue weighted by molar-refractivity contribution is 5.88. The number of hydrogen-bond acceptors (Lipinski definition) is 37. The van der Waals surface area contributed by atoms with Gasteiger partial charge in [-0.3, -0.25) is 19.4 Å². The van der Waals surface area contributed by atoms with E-state index >= 15 is 0 Å². The van der Waals surface area contributed by atoms with E-state index in [1.807, 2.05) is 0 Å². The molecular weight excluding hydrogens is 1380 g/mol. The van der Waals surface area contributed by atoms with Gasteiger partial charge >= 0.3 is 0 Å². The third-order valence-corrected chi connectivity index (χ3v) is 14.8. The van der Waals surface area contributed by atoms with Crippen molar-refractivity contribution in [1.82, 2.24) is 20.4 Å². The molecule has 103 heavy (non-hydrogen) atoms. The number of nitrogens with two attached hydrogens (primary N) is 1. The van der Waals surface area contributed by atoms with Gasteiger partial charge in [0, 0.05) is 78.8 Å². The van der Waals surface area contributed by atoms with Crippen molar-refractivity contribution < 1.29 is 167 Å². The Balaban J connectivity index is 3.66. The van der Waals surface area contributed by atoms with Crippen LogP contribution in [0, 0.1) is 0 Å². The first-order valence-electron chi connectivity index (χ1n) is 35.4. The summed E-state index contributed by atoms with van der Waals surface area (Å²) in [5, 5.41) is 164. The number of aliphatic hydroxyl groups excluding tert-OH is 16. The fraction of sp³-hybridized carbons (Fsp3) is 0.969. The number of amides is 2. The molecule has 0 spiro atoms. The predicted molar refractivity (Wildman–Crippen MR) is 363 cm³/mol. The molecule has 39 nitrogen and oxygen atoms in total. The summed E-state index contributed by atoms with van der Waals surface area (Å²) < 4.78 is 88.0. The van der Waals surface area contributed by atoms with Gasteiger partial charge in [0.2, 0.25) is 11.8 Å². The topological polar surface area (TPSA) is 562 Å². The van der Waals surface area contributed by atoms with E-state index in [9.17, 15) is 70.9 Å². The molecule has 13 unspecified atom stereocenters. The summed E-state index contributed by atoms with van der Waals surface area (Å²) in [6.45, 7) is 8.33. The summed E-state index contributed by atoms with van der Waals surface area (Å²) in [7, 11) is 0. The minimum Gasteiger partial charge on any atom is -0.396 e. The molecule has 0 aliphatic rings. The van der Waals surface area contributed by atoms with Gasteiger partial charge in [-0.15, -0.1) is 0 Å². The molecule has 0 aliphatic carbocycles. The van der Waals surface area contributed by atoms with E-state index in [4.69, 9.17) is 102 Å². The molecule has 0 aliphatic heterocycles. The lowest BCUT2D eigenvalue weighted by Crippen LogP contribution is -2.50. The van der Waals surface area contributed by atoms with Crippen LogP contribution in [0.15, 0.2) is 0 Å². The van der Waals surface area contributed by atoms with Crippen LogP contribution in [0.2, 0.25) is 0 Å². The normalized spacial score (nSPS) is 16.0. The molecule has 0 radical (unpaired) electrons. The minimum atomic E-state index is -1.58. The van der Waals surface area contributed by atoms with E-state index in [2.05, 4.69) is 10.6 Å². The molecule has 39 heteroatoms. The Kier molecular flexibility index (Phi) is 70.7. The van der Waals surface area contributed by atoms with E-state index in [0.29, 0.717) is 159 Å². The van der Waals surface area contributed by atoms with Crippen LogP contribution < -0.4 is 16.4 Å². The standard InChI is InChI=1S/C64H131N5O34/c65-50(64(87)67-6-14-89-18-22-93-26-30-97-34-38-101-42-44-103-40-36-99-32-28-95-24-20-91-16-8-69(48-57(80)62(85)53(76)3-11-72)49-58(81)63(86)54(77)4-12-73)45-59(82)66-5-13-88-17-21-92-25-29-96-33-37-100-41-43-102-39-35-98-31-27-94-23-19-90-15-7-68(46-55(78)60(83)51(74)1-9-70)47-56(79)61(84)52(75)2-10-71/h50-58,60-63,70-81,83-86H,1-49,65H2,(H,66,82)(H,67,87). The monoisotopic (exact) mass is 1510 g/mol. The van der Waals surface area contributed by atoms with Crippen molar-refractivity contribution in [3.63, 3.8) is 0 Å². The summed E-state index contributed by atoms with van der Waals surface area (Å²) in [4.78, 5) is 27.5. The van der Waals surface area contributed by atoms with Crippen LogP contribution >= 0.6 is 0 Å². The number of carbonyl (C=O) groups excluding carboxylic acids is 2. The third kappa shape index (κ3) is 60.1. The van der Waals surface area contributed by atoms with Crippen LogP contribution in [-0.4, -0.2) is 473 Å². The molecule has 0 heterocycles. The molecule has 0 aromatic carbocycles. The number of hydrogen-bond donors (Lipinski definition) is 19. The number of rotatable bonds is 81. The Morgan fingerprint density at radius 2 is 0.456 bits per heavy atom. The lowest BCUT2D eigenvalue weighted by Gasteiger charge is -2.32. The SMILES string of the molecule is NC(CC(=O)NCCOCCOCCOCCOCCOCCOCCOCCOCCN(CC(O)C(O)C(O)CCO)CC(O)C(O)C(O)CCO)C(=O)NCCOCCOCCOCCOCCOCCOCCOCCOCCN(CC(O)C(O)C(O)CCO)CC(O)C(O)C(O)CCO. The first kappa shape index (κ1) is 101. The number of ether oxygens (including phenoxy) is 16. The van der Waals surface area contributed by atoms with Crippen LogP contribution in [0.5, 0.6) is 0 Å². The van der Waals surface area contributed by atoms with Gasteiger partial charge in [-0.2, -0.15) is 0 Å². The largest absolute Gasteiger partial charge is 0.396 e. The zero-order valence-electron chi connectivity index (χ0n) is 60.1. The second-order valence-electron chi connectivity index (χ2n) is 23.3. The molecule has 20 N–H and O–H groups in total. The smallest absolute Gasteiger partial charge is 0.237 e. The average Bonchev–Trinajstić information content (AvgIpc) is 0.928. The fourth-order valence-corrected chi connectivity index (χ4v) is 8.92. The predicted octanol–water partition coefficient (Wildman–Crippen LogP) is -10.3. The van der Waals surface area contributed by atoms with E-state index in [1.165, 1.54) is 9.80 Å². The minimum absolute atomic E-state index is 0.120. The lowest BCUT2D eigenvalue weighted by atomic mass is 10.0. The Labute approximate surface area is 605 Å². The number of carbonyl (C=O) groups is 2. The molecule has 0 saturated heterocycles. The maximum absolute atomic E-state index is 12.3. The Bertz CT molecular complexity index is 1780. The summed E-state index contributed by atoms with van der Waals surface area (Å²) in [5.74, 6) is -0.873. The molecule has 13 atom stereocenters. The van der Waals surface area contributed by atoms with Crippen LogP contribution in [0.25, 0.3) is 0 Å². The first-order chi connectivity index (χ1) is 49.8. The quantitative estimate of drug-likeness (QED) is 0.0251. The van der Waals surface area contributed by atoms with Crippen molar-refractivity contribution >= 4 is 11.8 Å². The van der Waals surface area contributed by atoms with Crippen molar-refractivity contribution in [2.45, 2.75) is 111 Å². The van der Waals surface area contributed by atoms with Crippen molar-refractivity contribution in [2.24, 2.45) is 5.73 Å². The van der Waals surface area contributed by atoms with Crippen LogP contribution in [-0.2, 0) is 85.4 Å². The van der Waals surface area contributed by atoms with Gasteiger partial charge in [-0.25, -0.2) is 0 Å². The summed E-state index contributed by atoms with van der Waals surface area (Å²) in [5.41, 5.74) is 5.90. The summed E-state index contributed by atoms with van der Waals surface area (Å²) in [6.07, 6.45) is -18.5. The zero-order chi connectivity index (χ0) is 76.2. The molecule has 0 rings (SSSR count). The molecule has 616 valence electrons. The number of aliphatic hydroxyl groups is 16. The maximum atomic E-state index is 12.3. The van der Waals surface area contributed by atoms with Gasteiger partial charge < -0.3 is 174 Å². The van der Waals surface area contributed by atoms with Gasteiger partial charge in [0.05, 0.1) is 273 Å². The van der Waals surface area contributed by atoms with E-state index in [1.54, 1.807) is 0 Å². The number of nitrogens with one attached hydrogen (secondary N) is 2. The van der Waals surface area contributed by atoms with Gasteiger partial charge in [0.15, 0.2) is 0 Å². The van der Waals surface area contributed by atoms with Gasteiger partial charge in [-0.05, 0) is 25.7 Å². The fourth-order valence-electron chi connectivity index (χ4n) is 8.92. The number of nitrogens with zero attached hydrogens (tertiary/aromatic N) is 2. The van der Waals surface area contributed by atoms with Crippen molar-refractivity contribution in [1.29, 1.82) is 0 Å². The average molecular weight is 1510 g/mol. The van der Waals surface area contributed by atoms with Crippen molar-refractivity contribution in [3.05, 3.63) is 0 Å². The van der Waals surface area contributed by atoms with Gasteiger partial charge in [-0.1, -0.05) is 0 Å². The molecule has 0 bridgehead atoms. The molecule has 0 aromatic rings. The van der Waals surface area contributed by atoms with Crippen LogP contribution in [0.1, 0.15) is 32.1 Å². The highest BCUT2D eigenvalue weighted by atomic mass is 16.6. The van der Waals surface area contributed by atoms with E-state index in [-0.39, 0.29) is 137 Å². The molecule has 0 aromatic heterocycles. The van der Waals surface area contributed by atoms with E-state index in [0.717, 1.165) is 0 Å². The Morgan fingerprint density at radius 1 is 0.272 bits per heavy atom. The van der Waals surface area contributed by atoms with Crippen LogP contribution in [0.4, 0.5) is 0 Å². The molecular formula is C64H131N5O34. The molecule has 2 amide bonds. The van der Waals surface area contributed by atoms with Gasteiger partial charge in [0.25, 0.3) is 0 Å². The van der Waals surface area contributed by atoms with Crippen molar-refractivity contribution in [2.75, 3.05) is 290 Å². The second-order valence-corrected chi connectivity index (χ2v) is 23.3. The Morgan fingerprint density at radius 3 is 0.660 bits per heavy atom. The second kappa shape index (κ2) is 72.4. The highest BCUT2D eigenvalue weighted by Crippen LogP contribution is 2.13. The maximum Gasteiger partial charge on any atom is 0.237 e. The molecule has 0 saturated carbocycles. The summed E-state index contributed by atoms with van der Waals surface area (Å²) in [6, 6.07) is -1.03. The van der Waals surface area contributed by atoms with Crippen LogP contribution in [0.3, 0.4) is 0 Å². The highest BCUT2D eigenvalue weighted by Gasteiger charge is 2.32.